The zero-order chi connectivity index (χ0) is 31.6. The number of rotatable bonds is 9. The van der Waals surface area contributed by atoms with Gasteiger partial charge in [0.1, 0.15) is 23.2 Å². The quantitative estimate of drug-likeness (QED) is 0.206. The number of hydrogen-bond acceptors (Lipinski definition) is 4. The van der Waals surface area contributed by atoms with E-state index in [4.69, 9.17) is 0 Å². The fourth-order valence-electron chi connectivity index (χ4n) is 4.62. The van der Waals surface area contributed by atoms with E-state index >= 15 is 0 Å². The molecular weight excluding hydrogens is 598 g/mol. The van der Waals surface area contributed by atoms with Crippen molar-refractivity contribution < 1.29 is 44.7 Å². The van der Waals surface area contributed by atoms with Crippen LogP contribution in [0.2, 0.25) is 0 Å². The van der Waals surface area contributed by atoms with Gasteiger partial charge in [-0.25, -0.2) is 26.3 Å². The van der Waals surface area contributed by atoms with Crippen molar-refractivity contribution in [3.63, 3.8) is 0 Å². The summed E-state index contributed by atoms with van der Waals surface area (Å²) >= 11 is 0. The van der Waals surface area contributed by atoms with Crippen LogP contribution < -0.4 is 10.0 Å². The minimum absolute atomic E-state index is 0.0690. The van der Waals surface area contributed by atoms with Crippen LogP contribution >= 0.6 is 0 Å². The molecule has 0 aliphatic rings. The summed E-state index contributed by atoms with van der Waals surface area (Å²) in [5, 5.41) is 12.9. The summed E-state index contributed by atoms with van der Waals surface area (Å²) in [7, 11) is -3.77. The maximum absolute atomic E-state index is 14.8. The number of halogens is 6. The van der Waals surface area contributed by atoms with E-state index in [9.17, 15) is 44.7 Å². The molecule has 0 heterocycles. The molecule has 0 fully saturated rings. The Morgan fingerprint density at radius 3 is 2.14 bits per heavy atom. The lowest BCUT2D eigenvalue weighted by Gasteiger charge is -2.37. The second-order valence-electron chi connectivity index (χ2n) is 9.81. The fraction of sp³-hybridized carbons (Fsp3) is 0.167. The Morgan fingerprint density at radius 1 is 0.837 bits per heavy atom. The molecule has 0 saturated carbocycles. The van der Waals surface area contributed by atoms with Gasteiger partial charge in [-0.15, -0.1) is 0 Å². The SMILES string of the molecule is CS(=O)(=O)NCc1cc([C@@](Cc2ccccc2)(NC(=O)c2ccc(F)c(C(F)(F)F)c2)c2cc(O)cc(F)c2)ccc1F. The molecule has 0 saturated heterocycles. The van der Waals surface area contributed by atoms with Crippen molar-refractivity contribution in [3.05, 3.63) is 136 Å². The summed E-state index contributed by atoms with van der Waals surface area (Å²) in [4.78, 5) is 13.6. The molecular formula is C30H24F6N2O4S. The number of carbonyl (C=O) groups is 1. The van der Waals surface area contributed by atoms with Gasteiger partial charge >= 0.3 is 6.18 Å². The Labute approximate surface area is 243 Å². The number of alkyl halides is 3. The number of benzene rings is 4. The van der Waals surface area contributed by atoms with Crippen LogP contribution in [0, 0.1) is 17.5 Å². The summed E-state index contributed by atoms with van der Waals surface area (Å²) in [6.07, 6.45) is -4.45. The van der Waals surface area contributed by atoms with Crippen molar-refractivity contribution in [2.45, 2.75) is 24.7 Å². The van der Waals surface area contributed by atoms with Crippen molar-refractivity contribution >= 4 is 15.9 Å². The first-order valence-corrected chi connectivity index (χ1v) is 14.4. The van der Waals surface area contributed by atoms with Gasteiger partial charge in [-0.2, -0.15) is 13.2 Å². The normalized spacial score (nSPS) is 13.4. The summed E-state index contributed by atoms with van der Waals surface area (Å²) in [6.45, 7) is -0.505. The number of nitrogens with one attached hydrogen (secondary N) is 2. The summed E-state index contributed by atoms with van der Waals surface area (Å²) in [5.41, 5.74) is -3.81. The lowest BCUT2D eigenvalue weighted by Crippen LogP contribution is -2.49. The number of sulfonamides is 1. The topological polar surface area (TPSA) is 95.5 Å². The zero-order valence-corrected chi connectivity index (χ0v) is 23.2. The number of phenols is 1. The molecule has 0 bridgehead atoms. The van der Waals surface area contributed by atoms with Gasteiger partial charge in [-0.05, 0) is 59.2 Å². The summed E-state index contributed by atoms with van der Waals surface area (Å²) in [6, 6.07) is 16.3. The van der Waals surface area contributed by atoms with Gasteiger partial charge < -0.3 is 10.4 Å². The molecule has 4 rings (SSSR count). The maximum Gasteiger partial charge on any atom is 0.419 e. The molecule has 0 radical (unpaired) electrons. The van der Waals surface area contributed by atoms with Gasteiger partial charge in [0.2, 0.25) is 10.0 Å². The highest BCUT2D eigenvalue weighted by atomic mass is 32.2. The lowest BCUT2D eigenvalue weighted by molar-refractivity contribution is -0.140. The Morgan fingerprint density at radius 2 is 1.51 bits per heavy atom. The summed E-state index contributed by atoms with van der Waals surface area (Å²) < 4.78 is 109. The second kappa shape index (κ2) is 12.1. The summed E-state index contributed by atoms with van der Waals surface area (Å²) in [5.74, 6) is -5.04. The number of carbonyl (C=O) groups excluding carboxylic acids is 1. The molecule has 0 aliphatic heterocycles. The van der Waals surface area contributed by atoms with Crippen LogP contribution in [0.15, 0.2) is 84.9 Å². The van der Waals surface area contributed by atoms with E-state index in [0.717, 1.165) is 36.6 Å². The first-order chi connectivity index (χ1) is 20.1. The molecule has 0 aromatic heterocycles. The van der Waals surface area contributed by atoms with Crippen molar-refractivity contribution in [1.82, 2.24) is 10.0 Å². The molecule has 1 atom stereocenters. The van der Waals surface area contributed by atoms with E-state index in [2.05, 4.69) is 10.0 Å². The second-order valence-corrected chi connectivity index (χ2v) is 11.6. The van der Waals surface area contributed by atoms with E-state index < -0.39 is 68.5 Å². The third-order valence-corrected chi connectivity index (χ3v) is 7.28. The molecule has 1 amide bonds. The fourth-order valence-corrected chi connectivity index (χ4v) is 5.03. The van der Waals surface area contributed by atoms with Gasteiger partial charge in [0.15, 0.2) is 0 Å². The molecule has 4 aromatic rings. The average molecular weight is 623 g/mol. The van der Waals surface area contributed by atoms with Crippen molar-refractivity contribution in [3.8, 4) is 5.75 Å². The Balaban J connectivity index is 1.97. The van der Waals surface area contributed by atoms with Gasteiger partial charge in [-0.1, -0.05) is 36.4 Å². The van der Waals surface area contributed by atoms with Crippen molar-refractivity contribution in [2.24, 2.45) is 0 Å². The first kappa shape index (κ1) is 31.6. The first-order valence-electron chi connectivity index (χ1n) is 12.5. The maximum atomic E-state index is 14.8. The van der Waals surface area contributed by atoms with Crippen molar-refractivity contribution in [2.75, 3.05) is 6.26 Å². The number of aromatic hydroxyl groups is 1. The standard InChI is InChI=1S/C30H24F6N2O4S/c1-43(41,42)37-17-20-11-21(8-10-26(20)32)29(16-18-5-3-2-4-6-18,22-13-23(31)15-24(39)14-22)38-28(40)19-7-9-27(33)25(12-19)30(34,35)36/h2-15,37,39H,16-17H2,1H3,(H,38,40)/t29-/m1/s1. The third kappa shape index (κ3) is 7.54. The minimum Gasteiger partial charge on any atom is -0.508 e. The van der Waals surface area contributed by atoms with Crippen LogP contribution in [0.25, 0.3) is 0 Å². The predicted octanol–water partition coefficient (Wildman–Crippen LogP) is 5.79. The van der Waals surface area contributed by atoms with Crippen LogP contribution in [-0.2, 0) is 34.7 Å². The Hall–Kier alpha value is -4.36. The van der Waals surface area contributed by atoms with Crippen LogP contribution in [0.5, 0.6) is 5.75 Å². The highest BCUT2D eigenvalue weighted by Crippen LogP contribution is 2.38. The molecule has 0 spiro atoms. The van der Waals surface area contributed by atoms with Crippen LogP contribution in [-0.4, -0.2) is 25.7 Å². The Bertz CT molecular complexity index is 1740. The van der Waals surface area contributed by atoms with E-state index in [1.165, 1.54) is 12.1 Å². The third-order valence-electron chi connectivity index (χ3n) is 6.61. The molecule has 13 heteroatoms. The molecule has 0 unspecified atom stereocenters. The highest BCUT2D eigenvalue weighted by molar-refractivity contribution is 7.88. The number of hydrogen-bond donors (Lipinski definition) is 3. The number of amides is 1. The predicted molar refractivity (Wildman–Crippen MR) is 146 cm³/mol. The molecule has 4 aromatic carbocycles. The Kier molecular flexibility index (Phi) is 8.88. The zero-order valence-electron chi connectivity index (χ0n) is 22.3. The average Bonchev–Trinajstić information content (AvgIpc) is 2.91. The molecule has 43 heavy (non-hydrogen) atoms. The molecule has 3 N–H and O–H groups in total. The molecule has 6 nitrogen and oxygen atoms in total. The van der Waals surface area contributed by atoms with Crippen LogP contribution in [0.4, 0.5) is 26.3 Å². The monoisotopic (exact) mass is 622 g/mol. The van der Waals surface area contributed by atoms with Crippen LogP contribution in [0.3, 0.4) is 0 Å². The molecule has 226 valence electrons. The minimum atomic E-state index is -5.12. The van der Waals surface area contributed by atoms with Gasteiger partial charge in [0, 0.05) is 30.2 Å². The number of phenolic OH excluding ortho intramolecular Hbond substituents is 1. The van der Waals surface area contributed by atoms with Crippen molar-refractivity contribution in [1.29, 1.82) is 0 Å². The van der Waals surface area contributed by atoms with E-state index in [1.54, 1.807) is 30.3 Å². The van der Waals surface area contributed by atoms with Gasteiger partial charge in [-0.3, -0.25) is 4.79 Å². The smallest absolute Gasteiger partial charge is 0.419 e. The van der Waals surface area contributed by atoms with E-state index in [1.807, 2.05) is 0 Å². The van der Waals surface area contributed by atoms with Gasteiger partial charge in [0.05, 0.1) is 17.4 Å². The van der Waals surface area contributed by atoms with E-state index in [-0.39, 0.29) is 23.1 Å². The highest BCUT2D eigenvalue weighted by Gasteiger charge is 2.39. The largest absolute Gasteiger partial charge is 0.508 e. The van der Waals surface area contributed by atoms with Gasteiger partial charge in [0.25, 0.3) is 5.91 Å². The van der Waals surface area contributed by atoms with E-state index in [0.29, 0.717) is 17.7 Å². The lowest BCUT2D eigenvalue weighted by atomic mass is 9.77. The molecule has 0 aliphatic carbocycles. The van der Waals surface area contributed by atoms with Crippen LogP contribution in [0.1, 0.15) is 38.2 Å².